The first-order valence-electron chi connectivity index (χ1n) is 9.77. The van der Waals surface area contributed by atoms with E-state index >= 15 is 0 Å². The highest BCUT2D eigenvalue weighted by atomic mass is 19.1. The monoisotopic (exact) mass is 413 g/mol. The largest absolute Gasteiger partial charge is 0.504 e. The number of rotatable bonds is 10. The van der Waals surface area contributed by atoms with Crippen LogP contribution in [0.5, 0.6) is 0 Å². The SMILES string of the molecule is CCCCOC(C)n1cnc(/C(O)=C/C(=O)c2ccc(Cc3ccc(F)cc3)o2)n1. The molecule has 0 fully saturated rings. The van der Waals surface area contributed by atoms with Crippen LogP contribution in [0.15, 0.2) is 53.2 Å². The standard InChI is InChI=1S/C22H24FN3O4/c1-3-4-11-29-15(2)26-14-24-22(25-26)20(28)13-19(27)21-10-9-18(30-21)12-16-5-7-17(23)8-6-16/h5-10,13-15,28H,3-4,11-12H2,1-2H3/b20-13-. The van der Waals surface area contributed by atoms with E-state index in [0.29, 0.717) is 18.8 Å². The lowest BCUT2D eigenvalue weighted by molar-refractivity contribution is 0.00606. The summed E-state index contributed by atoms with van der Waals surface area (Å²) in [6.45, 7) is 4.50. The number of aliphatic hydroxyl groups excluding tert-OH is 1. The molecule has 8 heteroatoms. The van der Waals surface area contributed by atoms with Crippen LogP contribution < -0.4 is 0 Å². The molecule has 3 rings (SSSR count). The molecule has 0 saturated heterocycles. The number of aliphatic hydroxyl groups is 1. The average molecular weight is 413 g/mol. The summed E-state index contributed by atoms with van der Waals surface area (Å²) in [5.41, 5.74) is 0.855. The molecule has 158 valence electrons. The molecule has 0 amide bonds. The Labute approximate surface area is 173 Å². The summed E-state index contributed by atoms with van der Waals surface area (Å²) in [6, 6.07) is 9.24. The lowest BCUT2D eigenvalue weighted by Gasteiger charge is -2.11. The van der Waals surface area contributed by atoms with Gasteiger partial charge in [-0.05, 0) is 43.2 Å². The first kappa shape index (κ1) is 21.4. The zero-order valence-electron chi connectivity index (χ0n) is 16.9. The Kier molecular flexibility index (Phi) is 7.13. The molecule has 0 bridgehead atoms. The first-order valence-corrected chi connectivity index (χ1v) is 9.77. The third-order valence-electron chi connectivity index (χ3n) is 4.43. The number of allylic oxidation sites excluding steroid dienone is 1. The van der Waals surface area contributed by atoms with Gasteiger partial charge < -0.3 is 14.3 Å². The molecular weight excluding hydrogens is 389 g/mol. The molecule has 3 aromatic rings. The second kappa shape index (κ2) is 9.98. The number of benzene rings is 1. The fourth-order valence-electron chi connectivity index (χ4n) is 2.71. The van der Waals surface area contributed by atoms with Crippen molar-refractivity contribution in [2.24, 2.45) is 0 Å². The number of unbranched alkanes of at least 4 members (excludes halogenated alkanes) is 1. The van der Waals surface area contributed by atoms with E-state index in [2.05, 4.69) is 17.0 Å². The van der Waals surface area contributed by atoms with Crippen LogP contribution >= 0.6 is 0 Å². The molecule has 0 radical (unpaired) electrons. The van der Waals surface area contributed by atoms with Gasteiger partial charge in [0.25, 0.3) is 0 Å². The molecule has 0 saturated carbocycles. The van der Waals surface area contributed by atoms with Crippen LogP contribution in [0.4, 0.5) is 4.39 Å². The Hall–Kier alpha value is -3.26. The van der Waals surface area contributed by atoms with Crippen molar-refractivity contribution in [2.75, 3.05) is 6.61 Å². The summed E-state index contributed by atoms with van der Waals surface area (Å²) < 4.78 is 25.7. The summed E-state index contributed by atoms with van der Waals surface area (Å²) in [5.74, 6) is -0.537. The molecule has 1 N–H and O–H groups in total. The van der Waals surface area contributed by atoms with Crippen LogP contribution in [0.1, 0.15) is 60.6 Å². The zero-order chi connectivity index (χ0) is 21.5. The maximum absolute atomic E-state index is 13.0. The Morgan fingerprint density at radius 1 is 1.30 bits per heavy atom. The van der Waals surface area contributed by atoms with Gasteiger partial charge in [0.1, 0.15) is 24.1 Å². The first-order chi connectivity index (χ1) is 14.5. The van der Waals surface area contributed by atoms with Gasteiger partial charge in [-0.15, -0.1) is 5.10 Å². The van der Waals surface area contributed by atoms with Crippen molar-refractivity contribution >= 4 is 11.5 Å². The lowest BCUT2D eigenvalue weighted by atomic mass is 10.1. The zero-order valence-corrected chi connectivity index (χ0v) is 16.9. The number of hydrogen-bond acceptors (Lipinski definition) is 6. The van der Waals surface area contributed by atoms with Crippen LogP contribution in [-0.4, -0.2) is 32.3 Å². The van der Waals surface area contributed by atoms with E-state index in [1.165, 1.54) is 29.2 Å². The van der Waals surface area contributed by atoms with Gasteiger partial charge in [0.05, 0.1) is 0 Å². The number of furan rings is 1. The normalized spacial score (nSPS) is 12.8. The molecule has 2 aromatic heterocycles. The van der Waals surface area contributed by atoms with Crippen LogP contribution in [-0.2, 0) is 11.2 Å². The van der Waals surface area contributed by atoms with Crippen LogP contribution in [0, 0.1) is 5.82 Å². The predicted octanol–water partition coefficient (Wildman–Crippen LogP) is 4.72. The van der Waals surface area contributed by atoms with E-state index in [1.807, 2.05) is 6.92 Å². The van der Waals surface area contributed by atoms with Crippen molar-refractivity contribution in [2.45, 2.75) is 39.3 Å². The minimum Gasteiger partial charge on any atom is -0.504 e. The highest BCUT2D eigenvalue weighted by Crippen LogP contribution is 2.17. The molecule has 1 atom stereocenters. The smallest absolute Gasteiger partial charge is 0.224 e. The third-order valence-corrected chi connectivity index (χ3v) is 4.43. The quantitative estimate of drug-likeness (QED) is 0.224. The van der Waals surface area contributed by atoms with Crippen molar-refractivity contribution in [3.05, 3.63) is 77.5 Å². The molecule has 1 aromatic carbocycles. The molecule has 2 heterocycles. The molecule has 1 unspecified atom stereocenters. The van der Waals surface area contributed by atoms with E-state index < -0.39 is 5.78 Å². The molecule has 0 aliphatic rings. The Balaban J connectivity index is 1.63. The van der Waals surface area contributed by atoms with E-state index in [9.17, 15) is 14.3 Å². The fraction of sp³-hybridized carbons (Fsp3) is 0.318. The number of ether oxygens (including phenoxy) is 1. The number of carbonyl (C=O) groups excluding carboxylic acids is 1. The van der Waals surface area contributed by atoms with Crippen molar-refractivity contribution in [3.8, 4) is 0 Å². The van der Waals surface area contributed by atoms with Gasteiger partial charge in [-0.3, -0.25) is 4.79 Å². The van der Waals surface area contributed by atoms with Crippen LogP contribution in [0.3, 0.4) is 0 Å². The third kappa shape index (κ3) is 5.64. The Morgan fingerprint density at radius 3 is 2.80 bits per heavy atom. The topological polar surface area (TPSA) is 90.4 Å². The minimum absolute atomic E-state index is 0.0207. The maximum Gasteiger partial charge on any atom is 0.224 e. The summed E-state index contributed by atoms with van der Waals surface area (Å²) in [4.78, 5) is 16.4. The van der Waals surface area contributed by atoms with Gasteiger partial charge >= 0.3 is 0 Å². The fourth-order valence-corrected chi connectivity index (χ4v) is 2.71. The van der Waals surface area contributed by atoms with Crippen LogP contribution in [0.2, 0.25) is 0 Å². The van der Waals surface area contributed by atoms with Gasteiger partial charge in [-0.25, -0.2) is 14.1 Å². The lowest BCUT2D eigenvalue weighted by Crippen LogP contribution is -2.11. The van der Waals surface area contributed by atoms with E-state index in [-0.39, 0.29) is 29.4 Å². The Morgan fingerprint density at radius 2 is 2.07 bits per heavy atom. The molecule has 30 heavy (non-hydrogen) atoms. The van der Waals surface area contributed by atoms with Gasteiger partial charge in [-0.1, -0.05) is 25.5 Å². The second-order valence-corrected chi connectivity index (χ2v) is 6.83. The van der Waals surface area contributed by atoms with Crippen molar-refractivity contribution in [3.63, 3.8) is 0 Å². The average Bonchev–Trinajstić information content (AvgIpc) is 3.40. The number of aromatic nitrogens is 3. The second-order valence-electron chi connectivity index (χ2n) is 6.83. The molecule has 0 aliphatic carbocycles. The van der Waals surface area contributed by atoms with Crippen molar-refractivity contribution in [1.82, 2.24) is 14.8 Å². The maximum atomic E-state index is 13.0. The van der Waals surface area contributed by atoms with Gasteiger partial charge in [0.2, 0.25) is 11.6 Å². The van der Waals surface area contributed by atoms with E-state index in [1.54, 1.807) is 18.2 Å². The Bertz CT molecular complexity index is 1010. The number of nitrogens with zero attached hydrogens (tertiary/aromatic N) is 3. The molecule has 7 nitrogen and oxygen atoms in total. The van der Waals surface area contributed by atoms with E-state index in [0.717, 1.165) is 24.5 Å². The molecule has 0 spiro atoms. The van der Waals surface area contributed by atoms with Crippen molar-refractivity contribution < 1.29 is 23.4 Å². The summed E-state index contributed by atoms with van der Waals surface area (Å²) in [6.07, 6.45) is 4.51. The minimum atomic E-state index is -0.513. The number of halogens is 1. The van der Waals surface area contributed by atoms with Crippen molar-refractivity contribution in [1.29, 1.82) is 0 Å². The van der Waals surface area contributed by atoms with Gasteiger partial charge in [0, 0.05) is 19.1 Å². The van der Waals surface area contributed by atoms with Gasteiger partial charge in [-0.2, -0.15) is 0 Å². The molecular formula is C22H24FN3O4. The summed E-state index contributed by atoms with van der Waals surface area (Å²) >= 11 is 0. The number of hydrogen-bond donors (Lipinski definition) is 1. The number of ketones is 1. The highest BCUT2D eigenvalue weighted by Gasteiger charge is 2.15. The van der Waals surface area contributed by atoms with Gasteiger partial charge in [0.15, 0.2) is 11.5 Å². The van der Waals surface area contributed by atoms with Crippen LogP contribution in [0.25, 0.3) is 5.76 Å². The summed E-state index contributed by atoms with van der Waals surface area (Å²) in [5, 5.41) is 14.4. The molecule has 0 aliphatic heterocycles. The number of carbonyl (C=O) groups is 1. The summed E-state index contributed by atoms with van der Waals surface area (Å²) in [7, 11) is 0. The highest BCUT2D eigenvalue weighted by molar-refractivity contribution is 6.05. The predicted molar refractivity (Wildman–Crippen MR) is 108 cm³/mol. The van der Waals surface area contributed by atoms with E-state index in [4.69, 9.17) is 9.15 Å².